The number of thiol groups is 1. The second-order valence-electron chi connectivity index (χ2n) is 15.1. The average molecular weight is 746 g/mol. The highest BCUT2D eigenvalue weighted by Gasteiger charge is 2.39. The van der Waals surface area contributed by atoms with E-state index in [1.165, 1.54) is 67.8 Å². The molecule has 3 aliphatic carbocycles. The Hall–Kier alpha value is -5.83. The fourth-order valence-electron chi connectivity index (χ4n) is 7.90. The number of fused-ring (bicyclic) bond motifs is 2. The molecule has 0 amide bonds. The van der Waals surface area contributed by atoms with Gasteiger partial charge < -0.3 is 4.90 Å². The smallest absolute Gasteiger partial charge is 0.0462 e. The van der Waals surface area contributed by atoms with Gasteiger partial charge in [-0.05, 0) is 127 Å². The van der Waals surface area contributed by atoms with E-state index in [0.29, 0.717) is 0 Å². The van der Waals surface area contributed by atoms with Crippen LogP contribution in [0.1, 0.15) is 55.4 Å². The first kappa shape index (κ1) is 38.4. The predicted molar refractivity (Wildman–Crippen MR) is 244 cm³/mol. The van der Waals surface area contributed by atoms with Gasteiger partial charge in [-0.25, -0.2) is 0 Å². The third-order valence-electron chi connectivity index (χ3n) is 10.8. The maximum Gasteiger partial charge on any atom is 0.0462 e. The molecule has 1 unspecified atom stereocenters. The Kier molecular flexibility index (Phi) is 12.2. The van der Waals surface area contributed by atoms with Crippen molar-refractivity contribution in [2.75, 3.05) is 4.90 Å². The molecule has 0 saturated heterocycles. The number of anilines is 3. The van der Waals surface area contributed by atoms with E-state index in [1.807, 2.05) is 18.2 Å². The van der Waals surface area contributed by atoms with Crippen molar-refractivity contribution in [2.24, 2.45) is 5.41 Å². The first-order chi connectivity index (χ1) is 27.3. The lowest BCUT2D eigenvalue weighted by Crippen LogP contribution is -2.42. The zero-order valence-electron chi connectivity index (χ0n) is 33.0. The Morgan fingerprint density at radius 2 is 1.09 bits per heavy atom. The van der Waals surface area contributed by atoms with Crippen LogP contribution >= 0.6 is 12.6 Å². The predicted octanol–water partition coefficient (Wildman–Crippen LogP) is 13.3. The van der Waals surface area contributed by atoms with Crippen LogP contribution < -0.4 is 15.3 Å². The molecule has 278 valence electrons. The van der Waals surface area contributed by atoms with Gasteiger partial charge in [0.05, 0.1) is 0 Å². The fourth-order valence-corrected chi connectivity index (χ4v) is 8.10. The number of rotatable bonds is 5. The molecule has 0 N–H and O–H groups in total. The second-order valence-corrected chi connectivity index (χ2v) is 15.6. The number of hydrogen-bond donors (Lipinski definition) is 1. The van der Waals surface area contributed by atoms with E-state index in [1.54, 1.807) is 0 Å². The summed E-state index contributed by atoms with van der Waals surface area (Å²) in [6.45, 7) is 8.81. The van der Waals surface area contributed by atoms with E-state index >= 15 is 0 Å². The van der Waals surface area contributed by atoms with Crippen molar-refractivity contribution in [3.05, 3.63) is 238 Å². The minimum Gasteiger partial charge on any atom is -0.311 e. The van der Waals surface area contributed by atoms with Gasteiger partial charge in [0.1, 0.15) is 0 Å². The van der Waals surface area contributed by atoms with E-state index in [-0.39, 0.29) is 5.41 Å². The van der Waals surface area contributed by atoms with E-state index in [9.17, 15) is 0 Å². The zero-order chi connectivity index (χ0) is 38.9. The molecular weight excluding hydrogens is 695 g/mol. The lowest BCUT2D eigenvalue weighted by molar-refractivity contribution is 0.547. The summed E-state index contributed by atoms with van der Waals surface area (Å²) in [7, 11) is 0. The monoisotopic (exact) mass is 745 g/mol. The molecule has 0 aromatic heterocycles. The maximum atomic E-state index is 4.80. The van der Waals surface area contributed by atoms with Gasteiger partial charge in [0.2, 0.25) is 0 Å². The van der Waals surface area contributed by atoms with Gasteiger partial charge in [-0.2, -0.15) is 0 Å². The lowest BCUT2D eigenvalue weighted by Gasteiger charge is -2.40. The van der Waals surface area contributed by atoms with Gasteiger partial charge in [-0.1, -0.05) is 169 Å². The molecule has 1 nitrogen and oxygen atoms in total. The Balaban J connectivity index is 0.000000288. The molecule has 56 heavy (non-hydrogen) atoms. The SMILES string of the molecule is CC1=CC=CCC1.Cc1ccc(C2=c3cc(S)ccc3=C(c3ccc(N(c4ccccc4)c4ccccc4)cc3)C3=CC=CCC32C)cc1.Cc1ccccc1. The van der Waals surface area contributed by atoms with Gasteiger partial charge in [0, 0.05) is 27.4 Å². The largest absolute Gasteiger partial charge is 0.311 e. The van der Waals surface area contributed by atoms with Gasteiger partial charge in [0.15, 0.2) is 0 Å². The molecule has 0 spiro atoms. The highest BCUT2D eigenvalue weighted by Crippen LogP contribution is 2.50. The van der Waals surface area contributed by atoms with Crippen molar-refractivity contribution in [2.45, 2.75) is 51.9 Å². The van der Waals surface area contributed by atoms with Crippen molar-refractivity contribution in [1.29, 1.82) is 0 Å². The molecule has 0 aliphatic heterocycles. The summed E-state index contributed by atoms with van der Waals surface area (Å²) in [5, 5.41) is 2.54. The summed E-state index contributed by atoms with van der Waals surface area (Å²) in [4.78, 5) is 3.30. The van der Waals surface area contributed by atoms with Crippen LogP contribution in [0.15, 0.2) is 210 Å². The number of allylic oxidation sites excluding steroid dienone is 8. The van der Waals surface area contributed by atoms with Crippen LogP contribution in [0, 0.1) is 19.3 Å². The molecule has 0 fully saturated rings. The Morgan fingerprint density at radius 3 is 1.62 bits per heavy atom. The van der Waals surface area contributed by atoms with Crippen molar-refractivity contribution >= 4 is 40.8 Å². The summed E-state index contributed by atoms with van der Waals surface area (Å²) < 4.78 is 0. The van der Waals surface area contributed by atoms with E-state index < -0.39 is 0 Å². The standard InChI is InChI=1S/C40H33NS.C7H10.C7H8/c1-28-16-18-30(19-17-28)39-36-27-34(42)24-25-35(36)38(37-15-9-10-26-40(37,39)2)29-20-22-33(23-21-29)41(31-11-5-3-6-12-31)32-13-7-4-8-14-32;2*1-7-5-3-2-4-6-7/h3-25,27,42H,26H2,1-2H3;2-3,5H,4,6H2,1H3;2-6H,1H3. The Bertz CT molecular complexity index is 2470. The molecule has 1 atom stereocenters. The quantitative estimate of drug-likeness (QED) is 0.172. The van der Waals surface area contributed by atoms with Crippen LogP contribution in [0.2, 0.25) is 0 Å². The van der Waals surface area contributed by atoms with Crippen molar-refractivity contribution in [3.63, 3.8) is 0 Å². The third kappa shape index (κ3) is 8.67. The highest BCUT2D eigenvalue weighted by atomic mass is 32.1. The minimum absolute atomic E-state index is 0.160. The zero-order valence-corrected chi connectivity index (χ0v) is 33.9. The third-order valence-corrected chi connectivity index (χ3v) is 11.1. The van der Waals surface area contributed by atoms with Crippen molar-refractivity contribution in [3.8, 4) is 0 Å². The van der Waals surface area contributed by atoms with Crippen molar-refractivity contribution in [1.82, 2.24) is 0 Å². The van der Waals surface area contributed by atoms with Crippen LogP contribution in [-0.2, 0) is 0 Å². The normalized spacial score (nSPS) is 16.5. The topological polar surface area (TPSA) is 3.24 Å². The van der Waals surface area contributed by atoms with Crippen LogP contribution in [0.25, 0.3) is 11.1 Å². The first-order valence-electron chi connectivity index (χ1n) is 19.7. The summed E-state index contributed by atoms with van der Waals surface area (Å²) in [6, 6.07) is 56.1. The van der Waals surface area contributed by atoms with Crippen molar-refractivity contribution < 1.29 is 0 Å². The number of benzene rings is 6. The molecule has 6 aromatic rings. The molecule has 0 heterocycles. The number of nitrogens with zero attached hydrogens (tertiary/aromatic N) is 1. The number of aryl methyl sites for hydroxylation is 2. The average Bonchev–Trinajstić information content (AvgIpc) is 3.23. The van der Waals surface area contributed by atoms with Crippen LogP contribution in [0.3, 0.4) is 0 Å². The van der Waals surface area contributed by atoms with Crippen LogP contribution in [0.4, 0.5) is 17.1 Å². The van der Waals surface area contributed by atoms with Crippen LogP contribution in [-0.4, -0.2) is 0 Å². The number of para-hydroxylation sites is 2. The van der Waals surface area contributed by atoms with E-state index in [0.717, 1.165) is 28.4 Å². The minimum atomic E-state index is -0.160. The molecular formula is C54H51NS. The van der Waals surface area contributed by atoms with E-state index in [2.05, 4.69) is 209 Å². The Morgan fingerprint density at radius 1 is 0.536 bits per heavy atom. The molecule has 2 heteroatoms. The number of hydrogen-bond acceptors (Lipinski definition) is 2. The highest BCUT2D eigenvalue weighted by molar-refractivity contribution is 7.80. The summed E-state index contributed by atoms with van der Waals surface area (Å²) in [6.07, 6.45) is 16.8. The molecule has 0 radical (unpaired) electrons. The Labute approximate surface area is 339 Å². The van der Waals surface area contributed by atoms with Crippen LogP contribution in [0.5, 0.6) is 0 Å². The maximum absolute atomic E-state index is 4.80. The van der Waals surface area contributed by atoms with Gasteiger partial charge in [-0.15, -0.1) is 12.6 Å². The summed E-state index contributed by atoms with van der Waals surface area (Å²) in [5.41, 5.74) is 13.9. The molecule has 0 saturated carbocycles. The van der Waals surface area contributed by atoms with Gasteiger partial charge >= 0.3 is 0 Å². The summed E-state index contributed by atoms with van der Waals surface area (Å²) in [5.74, 6) is 0. The summed E-state index contributed by atoms with van der Waals surface area (Å²) >= 11 is 4.80. The van der Waals surface area contributed by atoms with E-state index in [4.69, 9.17) is 12.6 Å². The fraction of sp³-hybridized carbons (Fsp3) is 0.148. The second kappa shape index (κ2) is 17.8. The molecule has 3 aliphatic rings. The molecule has 9 rings (SSSR count). The molecule has 6 aromatic carbocycles. The van der Waals surface area contributed by atoms with Gasteiger partial charge in [0.25, 0.3) is 0 Å². The molecule has 0 bridgehead atoms. The van der Waals surface area contributed by atoms with Gasteiger partial charge in [-0.3, -0.25) is 0 Å². The lowest BCUT2D eigenvalue weighted by atomic mass is 9.62. The first-order valence-corrected chi connectivity index (χ1v) is 20.1.